The van der Waals surface area contributed by atoms with Gasteiger partial charge in [0, 0.05) is 45.3 Å². The summed E-state index contributed by atoms with van der Waals surface area (Å²) in [7, 11) is 0. The van der Waals surface area contributed by atoms with Gasteiger partial charge in [0.25, 0.3) is 0 Å². The lowest BCUT2D eigenvalue weighted by Crippen LogP contribution is -2.59. The fourth-order valence-electron chi connectivity index (χ4n) is 8.09. The zero-order valence-corrected chi connectivity index (χ0v) is 43.5. The second kappa shape index (κ2) is 36.2. The van der Waals surface area contributed by atoms with Crippen molar-refractivity contribution in [1.29, 1.82) is 0 Å². The van der Waals surface area contributed by atoms with E-state index in [1.165, 1.54) is 0 Å². The normalized spacial score (nSPS) is 28.9. The van der Waals surface area contributed by atoms with Crippen LogP contribution in [0.2, 0.25) is 0 Å². The fraction of sp³-hybridized carbons (Fsp3) is 0.771. The molecule has 15 atom stereocenters. The number of aliphatic hydroxyl groups is 12. The van der Waals surface area contributed by atoms with Crippen LogP contribution in [0.5, 0.6) is 0 Å². The van der Waals surface area contributed by atoms with Crippen LogP contribution in [-0.4, -0.2) is 286 Å². The van der Waals surface area contributed by atoms with Crippen molar-refractivity contribution >= 4 is 29.6 Å². The molecule has 18 N–H and O–H groups in total. The molecule has 3 saturated heterocycles. The predicted molar refractivity (Wildman–Crippen MR) is 263 cm³/mol. The highest BCUT2D eigenvalue weighted by atomic mass is 16.7. The lowest BCUT2D eigenvalue weighted by molar-refractivity contribution is -0.300. The average molecular weight is 1150 g/mol. The first-order chi connectivity index (χ1) is 37.3. The Labute approximate surface area is 454 Å². The van der Waals surface area contributed by atoms with Crippen molar-refractivity contribution in [2.45, 2.75) is 143 Å². The summed E-state index contributed by atoms with van der Waals surface area (Å²) in [6, 6.07) is 8.82. The third kappa shape index (κ3) is 22.9. The van der Waals surface area contributed by atoms with E-state index >= 15 is 0 Å². The molecule has 1 aromatic carbocycles. The fourth-order valence-corrected chi connectivity index (χ4v) is 8.09. The standard InChI is InChI=1S/C48H78N4O26.H2O/c53-20-29-38(62)41(65)37(61)28(76-29)8-12-49-32(56)9-15-70-24-48(52-35(59)6-7-36(60)75-23-27-4-2-1-3-5-27,25-71-16-10-33(57)50-13-18-73-46-44(68)42(66)39(63)30(21-54)77-46)26-72-17-11-34(58)51-14-19-74-47-45(69)43(67)40(64)31(22-55)78-47;/h1-5,28-31,37-47,53-55,61-69H,6-26H2,(H,49,56)(H,50,57)(H,51,58)(H,52,59);1H2/t28-,29-,30-,31-,37-,38-,39-,40-,41-,42+,43+,44+,45+,46+,47+;/m1./s1. The van der Waals surface area contributed by atoms with Crippen molar-refractivity contribution < 1.29 is 133 Å². The molecule has 0 bridgehead atoms. The van der Waals surface area contributed by atoms with E-state index in [4.69, 9.17) is 42.6 Å². The Morgan fingerprint density at radius 1 is 0.468 bits per heavy atom. The van der Waals surface area contributed by atoms with Gasteiger partial charge in [-0.1, -0.05) is 30.3 Å². The highest BCUT2D eigenvalue weighted by Gasteiger charge is 2.46. The van der Waals surface area contributed by atoms with Crippen molar-refractivity contribution in [3.8, 4) is 0 Å². The van der Waals surface area contributed by atoms with Gasteiger partial charge in [0.2, 0.25) is 23.6 Å². The van der Waals surface area contributed by atoms with Crippen molar-refractivity contribution in [1.82, 2.24) is 21.3 Å². The van der Waals surface area contributed by atoms with Crippen LogP contribution in [-0.2, 0) is 73.2 Å². The minimum atomic E-state index is -1.67. The van der Waals surface area contributed by atoms with Gasteiger partial charge in [-0.25, -0.2) is 0 Å². The Morgan fingerprint density at radius 2 is 0.873 bits per heavy atom. The summed E-state index contributed by atoms with van der Waals surface area (Å²) in [6.07, 6.45) is -23.3. The van der Waals surface area contributed by atoms with Crippen LogP contribution in [0.3, 0.4) is 0 Å². The highest BCUT2D eigenvalue weighted by Crippen LogP contribution is 2.25. The summed E-state index contributed by atoms with van der Waals surface area (Å²) >= 11 is 0. The molecule has 0 aliphatic carbocycles. The van der Waals surface area contributed by atoms with Crippen molar-refractivity contribution in [3.05, 3.63) is 35.9 Å². The molecule has 31 heteroatoms. The molecule has 3 aliphatic heterocycles. The molecule has 0 saturated carbocycles. The van der Waals surface area contributed by atoms with Crippen LogP contribution in [0.1, 0.15) is 44.1 Å². The molecule has 3 heterocycles. The lowest BCUT2D eigenvalue weighted by Gasteiger charge is -2.40. The molecule has 454 valence electrons. The molecule has 3 aliphatic rings. The van der Waals surface area contributed by atoms with Gasteiger partial charge in [0.1, 0.15) is 85.4 Å². The van der Waals surface area contributed by atoms with Gasteiger partial charge in [-0.3, -0.25) is 24.0 Å². The molecule has 0 spiro atoms. The smallest absolute Gasteiger partial charge is 0.306 e. The molecule has 31 nitrogen and oxygen atoms in total. The first kappa shape index (κ1) is 69.0. The number of ether oxygens (including phenoxy) is 9. The second-order valence-corrected chi connectivity index (χ2v) is 18.7. The van der Waals surface area contributed by atoms with E-state index in [1.54, 1.807) is 30.3 Å². The number of benzene rings is 1. The predicted octanol–water partition coefficient (Wildman–Crippen LogP) is -9.03. The maximum atomic E-state index is 13.6. The minimum absolute atomic E-state index is 0. The Morgan fingerprint density at radius 3 is 1.32 bits per heavy atom. The van der Waals surface area contributed by atoms with E-state index in [2.05, 4.69) is 21.3 Å². The first-order valence-electron chi connectivity index (χ1n) is 25.5. The number of amides is 4. The topological polar surface area (TPSA) is 491 Å². The van der Waals surface area contributed by atoms with Crippen LogP contribution in [0.15, 0.2) is 30.3 Å². The SMILES string of the molecule is O.O=C(CCOCC(COCCC(=O)NCCO[C@H]1O[C@H](CO)[C@@H](O)[C@H](O)[C@@H]1O)(COCCC(=O)NCC[C@H]1O[C@H](CO)[C@@H](O)[C@H](O)[C@@H]1O)NC(=O)CCC(=O)OCc1ccccc1)NCCO[C@H]1O[C@H](CO)[C@@H](O)[C@H](O)[C@@H]1O. The summed E-state index contributed by atoms with van der Waals surface area (Å²) < 4.78 is 49.8. The van der Waals surface area contributed by atoms with Crippen LogP contribution in [0, 0.1) is 0 Å². The number of rotatable bonds is 35. The molecule has 79 heavy (non-hydrogen) atoms. The van der Waals surface area contributed by atoms with E-state index < -0.39 is 167 Å². The zero-order valence-electron chi connectivity index (χ0n) is 43.5. The van der Waals surface area contributed by atoms with E-state index in [-0.39, 0.29) is 103 Å². The molecule has 0 aromatic heterocycles. The Balaban J connectivity index is 0.0000164. The monoisotopic (exact) mass is 1140 g/mol. The van der Waals surface area contributed by atoms with E-state index in [1.807, 2.05) is 0 Å². The van der Waals surface area contributed by atoms with Crippen molar-refractivity contribution in [2.75, 3.05) is 92.3 Å². The number of nitrogens with one attached hydrogen (secondary N) is 4. The molecular formula is C48H80N4O27. The summed E-state index contributed by atoms with van der Waals surface area (Å²) in [5.41, 5.74) is -0.899. The van der Waals surface area contributed by atoms with Crippen LogP contribution in [0.25, 0.3) is 0 Å². The third-order valence-electron chi connectivity index (χ3n) is 12.6. The second-order valence-electron chi connectivity index (χ2n) is 18.7. The van der Waals surface area contributed by atoms with Gasteiger partial charge >= 0.3 is 5.97 Å². The first-order valence-corrected chi connectivity index (χ1v) is 25.5. The molecule has 4 rings (SSSR count). The van der Waals surface area contributed by atoms with Gasteiger partial charge in [0.15, 0.2) is 12.6 Å². The maximum absolute atomic E-state index is 13.6. The number of aliphatic hydroxyl groups excluding tert-OH is 12. The largest absolute Gasteiger partial charge is 0.461 e. The quantitative estimate of drug-likeness (QED) is 0.0222. The summed E-state index contributed by atoms with van der Waals surface area (Å²) in [5, 5.41) is 130. The molecule has 3 fully saturated rings. The van der Waals surface area contributed by atoms with Crippen LogP contribution in [0.4, 0.5) is 0 Å². The van der Waals surface area contributed by atoms with Crippen LogP contribution >= 0.6 is 0 Å². The number of carbonyl (C=O) groups excluding carboxylic acids is 5. The molecular weight excluding hydrogens is 1060 g/mol. The number of hydrogen-bond acceptors (Lipinski definition) is 26. The molecule has 4 amide bonds. The summed E-state index contributed by atoms with van der Waals surface area (Å²) in [6.45, 7) is -4.68. The highest BCUT2D eigenvalue weighted by molar-refractivity contribution is 5.82. The number of hydrogen-bond donors (Lipinski definition) is 16. The van der Waals surface area contributed by atoms with Gasteiger partial charge < -0.3 is 131 Å². The Kier molecular flexibility index (Phi) is 31.7. The van der Waals surface area contributed by atoms with Crippen molar-refractivity contribution in [2.24, 2.45) is 0 Å². The number of carbonyl (C=O) groups is 5. The Bertz CT molecular complexity index is 1860. The molecule has 0 radical (unpaired) electrons. The molecule has 0 unspecified atom stereocenters. The Hall–Kier alpha value is -4.27. The average Bonchev–Trinajstić information content (AvgIpc) is 3.44. The summed E-state index contributed by atoms with van der Waals surface area (Å²) in [4.78, 5) is 64.7. The van der Waals surface area contributed by atoms with Gasteiger partial charge in [-0.05, 0) is 12.0 Å². The maximum Gasteiger partial charge on any atom is 0.306 e. The van der Waals surface area contributed by atoms with E-state index in [0.717, 1.165) is 0 Å². The van der Waals surface area contributed by atoms with Crippen LogP contribution < -0.4 is 21.3 Å². The zero-order chi connectivity index (χ0) is 57.2. The lowest BCUT2D eigenvalue weighted by atomic mass is 9.93. The van der Waals surface area contributed by atoms with Crippen molar-refractivity contribution in [3.63, 3.8) is 0 Å². The van der Waals surface area contributed by atoms with Gasteiger partial charge in [-0.2, -0.15) is 0 Å². The van der Waals surface area contributed by atoms with Gasteiger partial charge in [-0.15, -0.1) is 0 Å². The van der Waals surface area contributed by atoms with Gasteiger partial charge in [0.05, 0.1) is 85.2 Å². The van der Waals surface area contributed by atoms with E-state index in [0.29, 0.717) is 5.56 Å². The third-order valence-corrected chi connectivity index (χ3v) is 12.6. The number of esters is 1. The minimum Gasteiger partial charge on any atom is -0.461 e. The summed E-state index contributed by atoms with van der Waals surface area (Å²) in [5.74, 6) is -2.97. The molecule has 1 aromatic rings. The van der Waals surface area contributed by atoms with E-state index in [9.17, 15) is 85.3 Å².